The van der Waals surface area contributed by atoms with Gasteiger partial charge in [0.2, 0.25) is 10.1 Å². The van der Waals surface area contributed by atoms with Gasteiger partial charge in [-0.15, -0.1) is 10.2 Å². The summed E-state index contributed by atoms with van der Waals surface area (Å²) in [6.45, 7) is 1.44. The summed E-state index contributed by atoms with van der Waals surface area (Å²) in [6.07, 6.45) is -2.86. The second kappa shape index (κ2) is 4.77. The fourth-order valence-corrected chi connectivity index (χ4v) is 2.63. The lowest BCUT2D eigenvalue weighted by Crippen LogP contribution is -2.19. The van der Waals surface area contributed by atoms with Crippen molar-refractivity contribution < 1.29 is 18.3 Å². The normalized spacial score (nSPS) is 21.2. The van der Waals surface area contributed by atoms with Gasteiger partial charge in [-0.2, -0.15) is 13.2 Å². The van der Waals surface area contributed by atoms with Crippen LogP contribution in [0.5, 0.6) is 0 Å². The van der Waals surface area contributed by atoms with E-state index in [2.05, 4.69) is 10.2 Å². The van der Waals surface area contributed by atoms with Gasteiger partial charge in [-0.1, -0.05) is 11.3 Å². The van der Waals surface area contributed by atoms with Gasteiger partial charge in [-0.3, -0.25) is 0 Å². The van der Waals surface area contributed by atoms with Crippen LogP contribution in [0.4, 0.5) is 18.3 Å². The van der Waals surface area contributed by atoms with E-state index in [1.807, 2.05) is 0 Å². The fraction of sp³-hybridized carbons (Fsp3) is 0.778. The van der Waals surface area contributed by atoms with Crippen LogP contribution in [0, 0.1) is 5.92 Å². The summed E-state index contributed by atoms with van der Waals surface area (Å²) in [5.41, 5.74) is 0. The van der Waals surface area contributed by atoms with Crippen LogP contribution >= 0.6 is 11.3 Å². The van der Waals surface area contributed by atoms with Crippen molar-refractivity contribution in [2.45, 2.75) is 19.0 Å². The highest BCUT2D eigenvalue weighted by molar-refractivity contribution is 7.15. The van der Waals surface area contributed by atoms with E-state index < -0.39 is 11.2 Å². The molecular weight excluding hydrogens is 255 g/mol. The van der Waals surface area contributed by atoms with Crippen LogP contribution in [-0.2, 0) is 6.18 Å². The van der Waals surface area contributed by atoms with Crippen molar-refractivity contribution in [2.75, 3.05) is 24.6 Å². The van der Waals surface area contributed by atoms with Crippen molar-refractivity contribution in [3.05, 3.63) is 5.01 Å². The predicted molar refractivity (Wildman–Crippen MR) is 56.9 cm³/mol. The molecule has 2 heterocycles. The summed E-state index contributed by atoms with van der Waals surface area (Å²) < 4.78 is 37.0. The monoisotopic (exact) mass is 267 g/mol. The van der Waals surface area contributed by atoms with Gasteiger partial charge in [-0.25, -0.2) is 0 Å². The predicted octanol–water partition coefficient (Wildman–Crippen LogP) is 1.77. The van der Waals surface area contributed by atoms with Crippen molar-refractivity contribution in [1.29, 1.82) is 0 Å². The number of aromatic nitrogens is 2. The first kappa shape index (κ1) is 12.6. The van der Waals surface area contributed by atoms with Gasteiger partial charge in [0.1, 0.15) is 0 Å². The molecule has 1 aromatic heterocycles. The third-order valence-electron chi connectivity index (χ3n) is 2.75. The van der Waals surface area contributed by atoms with Crippen LogP contribution in [0.25, 0.3) is 0 Å². The number of rotatable bonds is 3. The number of aliphatic hydroxyl groups excluding tert-OH is 1. The number of nitrogens with zero attached hydrogens (tertiary/aromatic N) is 3. The molecule has 0 bridgehead atoms. The van der Waals surface area contributed by atoms with Crippen LogP contribution in [0.2, 0.25) is 0 Å². The minimum absolute atomic E-state index is 0.114. The number of halogens is 3. The van der Waals surface area contributed by atoms with Gasteiger partial charge >= 0.3 is 6.18 Å². The summed E-state index contributed by atoms with van der Waals surface area (Å²) in [7, 11) is 0. The molecule has 1 saturated heterocycles. The van der Waals surface area contributed by atoms with Crippen LogP contribution in [-0.4, -0.2) is 35.0 Å². The van der Waals surface area contributed by atoms with E-state index in [4.69, 9.17) is 5.11 Å². The summed E-state index contributed by atoms with van der Waals surface area (Å²) in [5, 5.41) is 14.9. The molecule has 2 rings (SSSR count). The molecule has 1 aliphatic rings. The lowest BCUT2D eigenvalue weighted by Gasteiger charge is -2.13. The zero-order valence-corrected chi connectivity index (χ0v) is 9.76. The topological polar surface area (TPSA) is 49.2 Å². The molecule has 1 aliphatic heterocycles. The maximum absolute atomic E-state index is 12.3. The third-order valence-corrected chi connectivity index (χ3v) is 3.78. The number of hydrogen-bond donors (Lipinski definition) is 1. The van der Waals surface area contributed by atoms with Crippen LogP contribution in [0.3, 0.4) is 0 Å². The number of aliphatic hydroxyl groups is 1. The van der Waals surface area contributed by atoms with Crippen molar-refractivity contribution in [3.63, 3.8) is 0 Å². The Labute approximate surface area is 100 Å². The average molecular weight is 267 g/mol. The van der Waals surface area contributed by atoms with E-state index in [9.17, 15) is 13.2 Å². The Morgan fingerprint density at radius 3 is 2.76 bits per heavy atom. The van der Waals surface area contributed by atoms with Gasteiger partial charge in [0.25, 0.3) is 0 Å². The maximum atomic E-state index is 12.3. The molecule has 8 heteroatoms. The van der Waals surface area contributed by atoms with Gasteiger partial charge in [0.15, 0.2) is 0 Å². The van der Waals surface area contributed by atoms with E-state index in [0.29, 0.717) is 41.9 Å². The molecule has 0 aromatic carbocycles. The first-order valence-electron chi connectivity index (χ1n) is 5.27. The Balaban J connectivity index is 2.02. The summed E-state index contributed by atoms with van der Waals surface area (Å²) in [6, 6.07) is 0. The molecule has 1 atom stereocenters. The lowest BCUT2D eigenvalue weighted by atomic mass is 10.1. The Hall–Kier alpha value is -0.890. The van der Waals surface area contributed by atoms with Gasteiger partial charge in [0, 0.05) is 19.7 Å². The summed E-state index contributed by atoms with van der Waals surface area (Å²) in [5.74, 6) is 0.332. The average Bonchev–Trinajstić information content (AvgIpc) is 2.82. The summed E-state index contributed by atoms with van der Waals surface area (Å²) >= 11 is 0.573. The quantitative estimate of drug-likeness (QED) is 0.906. The van der Waals surface area contributed by atoms with E-state index >= 15 is 0 Å². The van der Waals surface area contributed by atoms with E-state index in [1.165, 1.54) is 0 Å². The van der Waals surface area contributed by atoms with Gasteiger partial charge in [-0.05, 0) is 18.8 Å². The second-order valence-corrected chi connectivity index (χ2v) is 4.96. The molecule has 96 valence electrons. The molecular formula is C9H12F3N3OS. The zero-order chi connectivity index (χ0) is 12.5. The Kier molecular flexibility index (Phi) is 3.53. The van der Waals surface area contributed by atoms with Gasteiger partial charge in [0.05, 0.1) is 0 Å². The fourth-order valence-electron chi connectivity index (χ4n) is 1.88. The molecule has 4 nitrogen and oxygen atoms in total. The Morgan fingerprint density at radius 2 is 2.18 bits per heavy atom. The molecule has 0 saturated carbocycles. The highest BCUT2D eigenvalue weighted by atomic mass is 32.1. The molecule has 1 N–H and O–H groups in total. The van der Waals surface area contributed by atoms with Crippen LogP contribution < -0.4 is 4.90 Å². The molecule has 1 aromatic rings. The number of alkyl halides is 3. The minimum Gasteiger partial charge on any atom is -0.396 e. The number of anilines is 1. The first-order chi connectivity index (χ1) is 8.00. The van der Waals surface area contributed by atoms with Crippen LogP contribution in [0.15, 0.2) is 0 Å². The largest absolute Gasteiger partial charge is 0.445 e. The Morgan fingerprint density at radius 1 is 1.41 bits per heavy atom. The lowest BCUT2D eigenvalue weighted by molar-refractivity contribution is -0.138. The van der Waals surface area contributed by atoms with E-state index in [-0.39, 0.29) is 6.61 Å². The smallest absolute Gasteiger partial charge is 0.396 e. The van der Waals surface area contributed by atoms with E-state index in [1.54, 1.807) is 4.90 Å². The van der Waals surface area contributed by atoms with Crippen LogP contribution in [0.1, 0.15) is 17.8 Å². The summed E-state index contributed by atoms with van der Waals surface area (Å²) in [4.78, 5) is 1.80. The molecule has 0 aliphatic carbocycles. The Bertz CT molecular complexity index is 382. The highest BCUT2D eigenvalue weighted by Crippen LogP contribution is 2.35. The maximum Gasteiger partial charge on any atom is 0.445 e. The van der Waals surface area contributed by atoms with Crippen molar-refractivity contribution in [1.82, 2.24) is 10.2 Å². The molecule has 1 fully saturated rings. The molecule has 0 spiro atoms. The van der Waals surface area contributed by atoms with Gasteiger partial charge < -0.3 is 10.0 Å². The first-order valence-corrected chi connectivity index (χ1v) is 6.09. The standard InChI is InChI=1S/C9H12F3N3OS/c10-9(11,12)7-13-14-8(17-7)15-3-1-6(5-15)2-4-16/h6,16H,1-5H2. The minimum atomic E-state index is -4.42. The zero-order valence-electron chi connectivity index (χ0n) is 8.94. The second-order valence-electron chi connectivity index (χ2n) is 4.00. The number of hydrogen-bond acceptors (Lipinski definition) is 5. The molecule has 17 heavy (non-hydrogen) atoms. The highest BCUT2D eigenvalue weighted by Gasteiger charge is 2.36. The van der Waals surface area contributed by atoms with E-state index in [0.717, 1.165) is 6.42 Å². The SMILES string of the molecule is OCCC1CCN(c2nnc(C(F)(F)F)s2)C1. The molecule has 1 unspecified atom stereocenters. The van der Waals surface area contributed by atoms with Crippen molar-refractivity contribution in [3.8, 4) is 0 Å². The third kappa shape index (κ3) is 2.86. The van der Waals surface area contributed by atoms with Crippen molar-refractivity contribution in [2.24, 2.45) is 5.92 Å². The molecule has 0 amide bonds. The van der Waals surface area contributed by atoms with Crippen molar-refractivity contribution >= 4 is 16.5 Å². The molecule has 0 radical (unpaired) electrons.